The predicted octanol–water partition coefficient (Wildman–Crippen LogP) is 2.74. The van der Waals surface area contributed by atoms with E-state index < -0.39 is 0 Å². The molecule has 0 bridgehead atoms. The van der Waals surface area contributed by atoms with E-state index in [1.165, 1.54) is 0 Å². The maximum atomic E-state index is 9.76. The summed E-state index contributed by atoms with van der Waals surface area (Å²) in [5.74, 6) is 1.78. The third-order valence-corrected chi connectivity index (χ3v) is 4.87. The van der Waals surface area contributed by atoms with Gasteiger partial charge in [0.15, 0.2) is 0 Å². The number of benzene rings is 1. The molecule has 25 heavy (non-hydrogen) atoms. The van der Waals surface area contributed by atoms with Gasteiger partial charge in [0.05, 0.1) is 17.7 Å². The van der Waals surface area contributed by atoms with Crippen LogP contribution in [0.25, 0.3) is 22.2 Å². The summed E-state index contributed by atoms with van der Waals surface area (Å²) in [4.78, 5) is 6.58. The Kier molecular flexibility index (Phi) is 3.38. The van der Waals surface area contributed by atoms with Gasteiger partial charge >= 0.3 is 0 Å². The number of aliphatic hydroxyl groups is 1. The topological polar surface area (TPSA) is 74.3 Å². The first kappa shape index (κ1) is 14.7. The van der Waals surface area contributed by atoms with Crippen LogP contribution in [0.3, 0.4) is 0 Å². The van der Waals surface area contributed by atoms with Crippen molar-refractivity contribution in [1.29, 1.82) is 0 Å². The van der Waals surface area contributed by atoms with Crippen molar-refractivity contribution in [3.63, 3.8) is 0 Å². The molecule has 1 aliphatic carbocycles. The molecule has 1 aliphatic heterocycles. The summed E-state index contributed by atoms with van der Waals surface area (Å²) in [6.07, 6.45) is 5.00. The highest BCUT2D eigenvalue weighted by molar-refractivity contribution is 5.94. The van der Waals surface area contributed by atoms with Gasteiger partial charge in [-0.25, -0.2) is 4.98 Å². The number of rotatable bonds is 4. The number of ether oxygens (including phenoxy) is 1. The second kappa shape index (κ2) is 5.74. The first-order valence-electron chi connectivity index (χ1n) is 8.80. The molecule has 2 N–H and O–H groups in total. The fourth-order valence-corrected chi connectivity index (χ4v) is 3.35. The summed E-state index contributed by atoms with van der Waals surface area (Å²) in [5.41, 5.74) is 2.91. The van der Waals surface area contributed by atoms with Gasteiger partial charge in [0.25, 0.3) is 0 Å². The lowest BCUT2D eigenvalue weighted by atomic mass is 10.1. The number of hydrogen-bond acceptors (Lipinski definition) is 5. The molecule has 0 radical (unpaired) electrons. The Morgan fingerprint density at radius 3 is 2.88 bits per heavy atom. The number of fused-ring (bicyclic) bond motifs is 1. The minimum atomic E-state index is -0.265. The van der Waals surface area contributed by atoms with Crippen LogP contribution >= 0.6 is 0 Å². The molecule has 2 aromatic heterocycles. The summed E-state index contributed by atoms with van der Waals surface area (Å²) in [6, 6.07) is 10.1. The molecule has 6 nitrogen and oxygen atoms in total. The van der Waals surface area contributed by atoms with Crippen molar-refractivity contribution >= 4 is 16.7 Å². The highest BCUT2D eigenvalue weighted by atomic mass is 16.5. The highest BCUT2D eigenvalue weighted by Gasteiger charge is 2.24. The SMILES string of the molecule is O[C@@H]1CCN(c2cc(-c3n[nH]c4ccc(OC5CC5)cc34)ccn2)C1. The van der Waals surface area contributed by atoms with Gasteiger partial charge in [-0.15, -0.1) is 0 Å². The third-order valence-electron chi connectivity index (χ3n) is 4.87. The minimum Gasteiger partial charge on any atom is -0.490 e. The van der Waals surface area contributed by atoms with Crippen molar-refractivity contribution in [3.8, 4) is 17.0 Å². The number of H-pyrrole nitrogens is 1. The predicted molar refractivity (Wildman–Crippen MR) is 95.8 cm³/mol. The molecule has 1 saturated heterocycles. The fourth-order valence-electron chi connectivity index (χ4n) is 3.35. The van der Waals surface area contributed by atoms with E-state index in [9.17, 15) is 5.11 Å². The normalized spacial score (nSPS) is 20.4. The minimum absolute atomic E-state index is 0.265. The first-order chi connectivity index (χ1) is 12.3. The van der Waals surface area contributed by atoms with Crippen LogP contribution in [0.1, 0.15) is 19.3 Å². The zero-order chi connectivity index (χ0) is 16.8. The van der Waals surface area contributed by atoms with Crippen LogP contribution in [0.4, 0.5) is 5.82 Å². The smallest absolute Gasteiger partial charge is 0.129 e. The van der Waals surface area contributed by atoms with Crippen LogP contribution in [0.2, 0.25) is 0 Å². The van der Waals surface area contributed by atoms with Crippen LogP contribution in [0.15, 0.2) is 36.5 Å². The summed E-state index contributed by atoms with van der Waals surface area (Å²) in [7, 11) is 0. The van der Waals surface area contributed by atoms with E-state index in [1.54, 1.807) is 6.20 Å². The van der Waals surface area contributed by atoms with Gasteiger partial charge in [0.2, 0.25) is 0 Å². The maximum Gasteiger partial charge on any atom is 0.129 e. The van der Waals surface area contributed by atoms with Crippen LogP contribution < -0.4 is 9.64 Å². The zero-order valence-electron chi connectivity index (χ0n) is 13.9. The number of aromatic nitrogens is 3. The lowest BCUT2D eigenvalue weighted by Gasteiger charge is -2.16. The number of hydrogen-bond donors (Lipinski definition) is 2. The molecule has 0 amide bonds. The number of aromatic amines is 1. The van der Waals surface area contributed by atoms with Crippen molar-refractivity contribution in [2.24, 2.45) is 0 Å². The van der Waals surface area contributed by atoms with Gasteiger partial charge < -0.3 is 14.7 Å². The van der Waals surface area contributed by atoms with Crippen molar-refractivity contribution in [3.05, 3.63) is 36.5 Å². The number of nitrogens with one attached hydrogen (secondary N) is 1. The van der Waals surface area contributed by atoms with Gasteiger partial charge in [-0.2, -0.15) is 5.10 Å². The average molecular weight is 336 g/mol. The summed E-state index contributed by atoms with van der Waals surface area (Å²) in [5, 5.41) is 18.4. The Bertz CT molecular complexity index is 919. The standard InChI is InChI=1S/C19H20N4O2/c24-13-6-8-23(11-13)18-9-12(5-7-20-18)19-16-10-15(25-14-1-2-14)3-4-17(16)21-22-19/h3-5,7,9-10,13-14,24H,1-2,6,8,11H2,(H,21,22)/t13-/m1/s1. The lowest BCUT2D eigenvalue weighted by Crippen LogP contribution is -2.22. The number of pyridine rings is 1. The van der Waals surface area contributed by atoms with E-state index in [1.807, 2.05) is 24.3 Å². The number of nitrogens with zero attached hydrogens (tertiary/aromatic N) is 3. The molecule has 0 spiro atoms. The molecule has 1 aromatic carbocycles. The number of aliphatic hydroxyl groups excluding tert-OH is 1. The van der Waals surface area contributed by atoms with Crippen molar-refractivity contribution < 1.29 is 9.84 Å². The Morgan fingerprint density at radius 1 is 1.16 bits per heavy atom. The second-order valence-corrected chi connectivity index (χ2v) is 6.89. The van der Waals surface area contributed by atoms with E-state index in [0.29, 0.717) is 12.6 Å². The summed E-state index contributed by atoms with van der Waals surface area (Å²) >= 11 is 0. The van der Waals surface area contributed by atoms with Gasteiger partial charge in [0.1, 0.15) is 17.3 Å². The third kappa shape index (κ3) is 2.82. The Morgan fingerprint density at radius 2 is 2.08 bits per heavy atom. The van der Waals surface area contributed by atoms with E-state index in [2.05, 4.69) is 26.1 Å². The van der Waals surface area contributed by atoms with Crippen LogP contribution in [-0.2, 0) is 0 Å². The van der Waals surface area contributed by atoms with E-state index in [4.69, 9.17) is 4.74 Å². The summed E-state index contributed by atoms with van der Waals surface area (Å²) < 4.78 is 5.92. The van der Waals surface area contributed by atoms with E-state index >= 15 is 0 Å². The molecule has 2 aliphatic rings. The average Bonchev–Trinajstić information content (AvgIpc) is 3.17. The molecule has 5 rings (SSSR count). The van der Waals surface area contributed by atoms with E-state index in [-0.39, 0.29) is 6.10 Å². The number of β-amino-alcohol motifs (C(OH)–C–C–N with tert-alkyl or cyclic N) is 1. The molecular formula is C19H20N4O2. The monoisotopic (exact) mass is 336 g/mol. The first-order valence-corrected chi connectivity index (χ1v) is 8.80. The molecule has 3 aromatic rings. The van der Waals surface area contributed by atoms with Crippen molar-refractivity contribution in [1.82, 2.24) is 15.2 Å². The quantitative estimate of drug-likeness (QED) is 0.766. The van der Waals surface area contributed by atoms with Gasteiger partial charge in [-0.1, -0.05) is 0 Å². The van der Waals surface area contributed by atoms with Gasteiger partial charge in [-0.3, -0.25) is 5.10 Å². The highest BCUT2D eigenvalue weighted by Crippen LogP contribution is 2.33. The van der Waals surface area contributed by atoms with Crippen LogP contribution in [-0.4, -0.2) is 45.6 Å². The van der Waals surface area contributed by atoms with Crippen LogP contribution in [0.5, 0.6) is 5.75 Å². The summed E-state index contributed by atoms with van der Waals surface area (Å²) in [6.45, 7) is 1.47. The molecular weight excluding hydrogens is 316 g/mol. The fraction of sp³-hybridized carbons (Fsp3) is 0.368. The Labute approximate surface area is 145 Å². The number of anilines is 1. The molecule has 3 heterocycles. The maximum absolute atomic E-state index is 9.76. The Hall–Kier alpha value is -2.60. The molecule has 2 fully saturated rings. The molecule has 1 saturated carbocycles. The van der Waals surface area contributed by atoms with Crippen molar-refractivity contribution in [2.75, 3.05) is 18.0 Å². The van der Waals surface area contributed by atoms with Gasteiger partial charge in [0, 0.05) is 30.2 Å². The lowest BCUT2D eigenvalue weighted by molar-refractivity contribution is 0.198. The van der Waals surface area contributed by atoms with Crippen molar-refractivity contribution in [2.45, 2.75) is 31.5 Å². The molecule has 128 valence electrons. The largest absolute Gasteiger partial charge is 0.490 e. The molecule has 1 atom stereocenters. The second-order valence-electron chi connectivity index (χ2n) is 6.89. The Balaban J connectivity index is 1.51. The zero-order valence-corrected chi connectivity index (χ0v) is 13.9. The van der Waals surface area contributed by atoms with Gasteiger partial charge in [-0.05, 0) is 49.6 Å². The molecule has 6 heteroatoms. The van der Waals surface area contributed by atoms with Crippen LogP contribution in [0, 0.1) is 0 Å². The van der Waals surface area contributed by atoms with E-state index in [0.717, 1.165) is 59.5 Å². The molecule has 0 unspecified atom stereocenters.